The second kappa shape index (κ2) is 5.68. The first kappa shape index (κ1) is 14.6. The van der Waals surface area contributed by atoms with Crippen molar-refractivity contribution in [2.45, 2.75) is 11.8 Å². The number of nitrogens with zero attached hydrogens (tertiary/aromatic N) is 1. The summed E-state index contributed by atoms with van der Waals surface area (Å²) in [5.41, 5.74) is 0.736. The first-order chi connectivity index (χ1) is 9.42. The van der Waals surface area contributed by atoms with Gasteiger partial charge in [-0.05, 0) is 42.8 Å². The molecule has 7 heteroatoms. The third-order valence-corrected chi connectivity index (χ3v) is 4.22. The SMILES string of the molecule is COc1ccc(S(=O)(=O)Nc2ccc(Cl)cn2)cc1C. The van der Waals surface area contributed by atoms with Crippen LogP contribution in [0.25, 0.3) is 0 Å². The first-order valence-electron chi connectivity index (χ1n) is 5.71. The molecule has 2 rings (SSSR count). The van der Waals surface area contributed by atoms with E-state index in [-0.39, 0.29) is 10.7 Å². The molecule has 0 saturated heterocycles. The van der Waals surface area contributed by atoms with Crippen molar-refractivity contribution in [1.82, 2.24) is 4.98 Å². The summed E-state index contributed by atoms with van der Waals surface area (Å²) < 4.78 is 31.9. The molecule has 0 spiro atoms. The number of sulfonamides is 1. The zero-order chi connectivity index (χ0) is 14.8. The summed E-state index contributed by atoms with van der Waals surface area (Å²) in [6.45, 7) is 1.78. The Balaban J connectivity index is 2.30. The van der Waals surface area contributed by atoms with E-state index in [2.05, 4.69) is 9.71 Å². The lowest BCUT2D eigenvalue weighted by Crippen LogP contribution is -2.14. The van der Waals surface area contributed by atoms with Crippen LogP contribution in [0.5, 0.6) is 5.75 Å². The molecule has 0 aliphatic rings. The molecule has 0 bridgehead atoms. The fraction of sp³-hybridized carbons (Fsp3) is 0.154. The molecule has 0 unspecified atom stereocenters. The van der Waals surface area contributed by atoms with Gasteiger partial charge in [-0.3, -0.25) is 4.72 Å². The molecule has 1 aromatic carbocycles. The molecule has 5 nitrogen and oxygen atoms in total. The Bertz CT molecular complexity index is 715. The second-order valence-corrected chi connectivity index (χ2v) is 6.22. The number of ether oxygens (including phenoxy) is 1. The van der Waals surface area contributed by atoms with Crippen LogP contribution in [0.4, 0.5) is 5.82 Å². The number of anilines is 1. The van der Waals surface area contributed by atoms with Crippen LogP contribution in [0.15, 0.2) is 41.4 Å². The van der Waals surface area contributed by atoms with Crippen molar-refractivity contribution >= 4 is 27.4 Å². The molecular weight excluding hydrogens is 300 g/mol. The predicted molar refractivity (Wildman–Crippen MR) is 77.8 cm³/mol. The third-order valence-electron chi connectivity index (χ3n) is 2.64. The summed E-state index contributed by atoms with van der Waals surface area (Å²) in [6.07, 6.45) is 1.37. The van der Waals surface area contributed by atoms with Crippen molar-refractivity contribution in [1.29, 1.82) is 0 Å². The highest BCUT2D eigenvalue weighted by Gasteiger charge is 2.16. The van der Waals surface area contributed by atoms with Gasteiger partial charge in [-0.25, -0.2) is 13.4 Å². The maximum Gasteiger partial charge on any atom is 0.263 e. The van der Waals surface area contributed by atoms with E-state index in [4.69, 9.17) is 16.3 Å². The van der Waals surface area contributed by atoms with Crippen molar-refractivity contribution in [3.63, 3.8) is 0 Å². The van der Waals surface area contributed by atoms with Gasteiger partial charge >= 0.3 is 0 Å². The number of methoxy groups -OCH3 is 1. The molecule has 1 N–H and O–H groups in total. The van der Waals surface area contributed by atoms with Crippen LogP contribution >= 0.6 is 11.6 Å². The highest BCUT2D eigenvalue weighted by molar-refractivity contribution is 7.92. The van der Waals surface area contributed by atoms with E-state index in [9.17, 15) is 8.42 Å². The quantitative estimate of drug-likeness (QED) is 0.942. The minimum atomic E-state index is -3.68. The van der Waals surface area contributed by atoms with E-state index in [1.807, 2.05) is 0 Å². The van der Waals surface area contributed by atoms with Gasteiger partial charge in [-0.2, -0.15) is 0 Å². The minimum Gasteiger partial charge on any atom is -0.496 e. The highest BCUT2D eigenvalue weighted by Crippen LogP contribution is 2.22. The average molecular weight is 313 g/mol. The van der Waals surface area contributed by atoms with Gasteiger partial charge in [0.15, 0.2) is 0 Å². The normalized spacial score (nSPS) is 11.2. The van der Waals surface area contributed by atoms with Crippen molar-refractivity contribution in [3.05, 3.63) is 47.1 Å². The Hall–Kier alpha value is -1.79. The number of hydrogen-bond donors (Lipinski definition) is 1. The van der Waals surface area contributed by atoms with Crippen molar-refractivity contribution in [3.8, 4) is 5.75 Å². The van der Waals surface area contributed by atoms with Gasteiger partial charge in [0, 0.05) is 6.20 Å². The summed E-state index contributed by atoms with van der Waals surface area (Å²) >= 11 is 5.70. The fourth-order valence-electron chi connectivity index (χ4n) is 1.65. The molecule has 0 saturated carbocycles. The van der Waals surface area contributed by atoms with Crippen LogP contribution in [-0.2, 0) is 10.0 Å². The topological polar surface area (TPSA) is 68.3 Å². The molecule has 0 aliphatic heterocycles. The molecule has 0 radical (unpaired) electrons. The molecule has 106 valence electrons. The van der Waals surface area contributed by atoms with Gasteiger partial charge in [-0.15, -0.1) is 0 Å². The molecule has 0 aliphatic carbocycles. The number of benzene rings is 1. The maximum atomic E-state index is 12.2. The largest absolute Gasteiger partial charge is 0.496 e. The third kappa shape index (κ3) is 3.20. The Morgan fingerprint density at radius 1 is 1.25 bits per heavy atom. The smallest absolute Gasteiger partial charge is 0.263 e. The zero-order valence-electron chi connectivity index (χ0n) is 10.9. The molecule has 20 heavy (non-hydrogen) atoms. The summed E-state index contributed by atoms with van der Waals surface area (Å²) in [6, 6.07) is 7.68. The summed E-state index contributed by atoms with van der Waals surface area (Å²) in [5, 5.41) is 0.438. The summed E-state index contributed by atoms with van der Waals surface area (Å²) in [5.74, 6) is 0.844. The van der Waals surface area contributed by atoms with E-state index in [1.54, 1.807) is 19.1 Å². The van der Waals surface area contributed by atoms with Gasteiger partial charge in [0.25, 0.3) is 10.0 Å². The highest BCUT2D eigenvalue weighted by atomic mass is 35.5. The number of hydrogen-bond acceptors (Lipinski definition) is 4. The maximum absolute atomic E-state index is 12.2. The van der Waals surface area contributed by atoms with Crippen LogP contribution in [0, 0.1) is 6.92 Å². The van der Waals surface area contributed by atoms with E-state index in [0.717, 1.165) is 5.56 Å². The van der Waals surface area contributed by atoms with Crippen molar-refractivity contribution in [2.24, 2.45) is 0 Å². The van der Waals surface area contributed by atoms with E-state index < -0.39 is 10.0 Å². The van der Waals surface area contributed by atoms with Gasteiger partial charge in [0.05, 0.1) is 17.0 Å². The number of pyridine rings is 1. The number of aromatic nitrogens is 1. The predicted octanol–water partition coefficient (Wildman–Crippen LogP) is 2.85. The van der Waals surface area contributed by atoms with Crippen LogP contribution in [0.1, 0.15) is 5.56 Å². The van der Waals surface area contributed by atoms with Gasteiger partial charge in [-0.1, -0.05) is 11.6 Å². The van der Waals surface area contributed by atoms with E-state index in [0.29, 0.717) is 10.8 Å². The lowest BCUT2D eigenvalue weighted by atomic mass is 10.2. The molecule has 1 heterocycles. The Morgan fingerprint density at radius 3 is 2.55 bits per heavy atom. The average Bonchev–Trinajstić information content (AvgIpc) is 2.41. The molecule has 2 aromatic rings. The lowest BCUT2D eigenvalue weighted by molar-refractivity contribution is 0.411. The Morgan fingerprint density at radius 2 is 2.00 bits per heavy atom. The summed E-state index contributed by atoms with van der Waals surface area (Å²) in [7, 11) is -2.15. The van der Waals surface area contributed by atoms with Crippen molar-refractivity contribution in [2.75, 3.05) is 11.8 Å². The molecule has 0 fully saturated rings. The zero-order valence-corrected chi connectivity index (χ0v) is 12.5. The van der Waals surface area contributed by atoms with Crippen molar-refractivity contribution < 1.29 is 13.2 Å². The Labute approximate surface area is 122 Å². The van der Waals surface area contributed by atoms with E-state index in [1.165, 1.54) is 31.5 Å². The molecule has 1 aromatic heterocycles. The first-order valence-corrected chi connectivity index (χ1v) is 7.57. The molecule has 0 atom stereocenters. The molecular formula is C13H13ClN2O3S. The minimum absolute atomic E-state index is 0.146. The fourth-order valence-corrected chi connectivity index (χ4v) is 2.86. The number of nitrogens with one attached hydrogen (secondary N) is 1. The standard InChI is InChI=1S/C13H13ClN2O3S/c1-9-7-11(4-5-12(9)19-2)20(17,18)16-13-6-3-10(14)8-15-13/h3-8H,1-2H3,(H,15,16). The van der Waals surface area contributed by atoms with Gasteiger partial charge in [0.2, 0.25) is 0 Å². The van der Waals surface area contributed by atoms with Gasteiger partial charge < -0.3 is 4.74 Å². The van der Waals surface area contributed by atoms with Crippen LogP contribution in [-0.4, -0.2) is 20.5 Å². The van der Waals surface area contributed by atoms with Crippen LogP contribution in [0.3, 0.4) is 0 Å². The number of halogens is 1. The molecule has 0 amide bonds. The van der Waals surface area contributed by atoms with E-state index >= 15 is 0 Å². The second-order valence-electron chi connectivity index (χ2n) is 4.10. The number of rotatable bonds is 4. The van der Waals surface area contributed by atoms with Crippen LogP contribution in [0.2, 0.25) is 5.02 Å². The lowest BCUT2D eigenvalue weighted by Gasteiger charge is -2.10. The van der Waals surface area contributed by atoms with Crippen LogP contribution < -0.4 is 9.46 Å². The van der Waals surface area contributed by atoms with Gasteiger partial charge in [0.1, 0.15) is 11.6 Å². The Kier molecular flexibility index (Phi) is 4.15. The summed E-state index contributed by atoms with van der Waals surface area (Å²) in [4.78, 5) is 4.04. The number of aryl methyl sites for hydroxylation is 1. The monoisotopic (exact) mass is 312 g/mol.